The Labute approximate surface area is 80.5 Å². The molecule has 5 heteroatoms. The highest BCUT2D eigenvalue weighted by Gasteiger charge is 2.27. The molecular weight excluding hydrogens is 190 g/mol. The van der Waals surface area contributed by atoms with Crippen LogP contribution >= 0.6 is 0 Å². The van der Waals surface area contributed by atoms with E-state index in [-0.39, 0.29) is 5.92 Å². The van der Waals surface area contributed by atoms with Crippen LogP contribution in [0.4, 0.5) is 0 Å². The first-order valence-corrected chi connectivity index (χ1v) is 5.79. The van der Waals surface area contributed by atoms with Gasteiger partial charge in [0.05, 0.1) is 16.9 Å². The lowest BCUT2D eigenvalue weighted by molar-refractivity contribution is -0.142. The fourth-order valence-electron chi connectivity index (χ4n) is 1.51. The summed E-state index contributed by atoms with van der Waals surface area (Å²) in [5.74, 6) is -0.520. The molecule has 0 amide bonds. The standard InChI is InChI=1S/C8H15NO3S/c1-2-13(12)9-5-3-4-7(6-9)8(10)11/h7H,2-6H2,1H3,(H,10,11). The third-order valence-corrected chi connectivity index (χ3v) is 3.67. The molecular formula is C8H15NO3S. The van der Waals surface area contributed by atoms with Crippen LogP contribution in [0.1, 0.15) is 19.8 Å². The molecule has 0 bridgehead atoms. The molecule has 76 valence electrons. The summed E-state index contributed by atoms with van der Waals surface area (Å²) in [6.07, 6.45) is 1.55. The molecule has 0 aromatic carbocycles. The Morgan fingerprint density at radius 3 is 2.92 bits per heavy atom. The Morgan fingerprint density at radius 2 is 2.38 bits per heavy atom. The molecule has 1 aliphatic rings. The fraction of sp³-hybridized carbons (Fsp3) is 0.875. The van der Waals surface area contributed by atoms with Crippen LogP contribution in [0.25, 0.3) is 0 Å². The molecule has 4 nitrogen and oxygen atoms in total. The Bertz CT molecular complexity index is 219. The third kappa shape index (κ3) is 2.77. The molecule has 0 aliphatic carbocycles. The molecule has 1 N–H and O–H groups in total. The van der Waals surface area contributed by atoms with E-state index in [1.807, 2.05) is 6.92 Å². The first-order valence-electron chi connectivity index (χ1n) is 4.51. The highest BCUT2D eigenvalue weighted by atomic mass is 32.2. The number of carboxylic acid groups (broad SMARTS) is 1. The zero-order valence-corrected chi connectivity index (χ0v) is 8.55. The number of aliphatic carboxylic acids is 1. The predicted octanol–water partition coefficient (Wildman–Crippen LogP) is 0.467. The largest absolute Gasteiger partial charge is 0.481 e. The second-order valence-electron chi connectivity index (χ2n) is 3.18. The van der Waals surface area contributed by atoms with Crippen LogP contribution in [-0.4, -0.2) is 38.4 Å². The molecule has 13 heavy (non-hydrogen) atoms. The molecule has 1 heterocycles. The van der Waals surface area contributed by atoms with Crippen molar-refractivity contribution < 1.29 is 14.1 Å². The van der Waals surface area contributed by atoms with E-state index in [4.69, 9.17) is 5.11 Å². The van der Waals surface area contributed by atoms with Gasteiger partial charge in [0.1, 0.15) is 0 Å². The van der Waals surface area contributed by atoms with Crippen LogP contribution in [0.3, 0.4) is 0 Å². The summed E-state index contributed by atoms with van der Waals surface area (Å²) in [6.45, 7) is 3.06. The van der Waals surface area contributed by atoms with E-state index in [0.717, 1.165) is 13.0 Å². The van der Waals surface area contributed by atoms with E-state index >= 15 is 0 Å². The van der Waals surface area contributed by atoms with Gasteiger partial charge < -0.3 is 5.11 Å². The maximum atomic E-state index is 11.4. The van der Waals surface area contributed by atoms with Gasteiger partial charge >= 0.3 is 5.97 Å². The number of nitrogens with zero attached hydrogens (tertiary/aromatic N) is 1. The number of piperidine rings is 1. The third-order valence-electron chi connectivity index (χ3n) is 2.27. The summed E-state index contributed by atoms with van der Waals surface area (Å²) in [5.41, 5.74) is 0. The number of rotatable bonds is 3. The van der Waals surface area contributed by atoms with E-state index in [2.05, 4.69) is 0 Å². The monoisotopic (exact) mass is 205 g/mol. The molecule has 2 unspecified atom stereocenters. The van der Waals surface area contributed by atoms with Crippen molar-refractivity contribution in [3.05, 3.63) is 0 Å². The van der Waals surface area contributed by atoms with Crippen LogP contribution in [0.15, 0.2) is 0 Å². The fourth-order valence-corrected chi connectivity index (χ4v) is 2.56. The minimum Gasteiger partial charge on any atom is -0.481 e. The zero-order chi connectivity index (χ0) is 9.84. The molecule has 1 aliphatic heterocycles. The van der Waals surface area contributed by atoms with Crippen LogP contribution in [0.5, 0.6) is 0 Å². The molecule has 1 fully saturated rings. The molecule has 0 saturated carbocycles. The smallest absolute Gasteiger partial charge is 0.307 e. The van der Waals surface area contributed by atoms with Gasteiger partial charge in [0.15, 0.2) is 0 Å². The summed E-state index contributed by atoms with van der Waals surface area (Å²) in [4.78, 5) is 10.7. The average molecular weight is 205 g/mol. The number of carboxylic acids is 1. The first kappa shape index (κ1) is 10.7. The van der Waals surface area contributed by atoms with Gasteiger partial charge in [0, 0.05) is 18.8 Å². The summed E-state index contributed by atoms with van der Waals surface area (Å²) in [5, 5.41) is 8.78. The zero-order valence-electron chi connectivity index (χ0n) is 7.73. The lowest BCUT2D eigenvalue weighted by Crippen LogP contribution is -2.40. The van der Waals surface area contributed by atoms with Gasteiger partial charge in [-0.25, -0.2) is 8.51 Å². The molecule has 0 aromatic rings. The Kier molecular flexibility index (Phi) is 3.87. The molecule has 0 spiro atoms. The maximum Gasteiger partial charge on any atom is 0.307 e. The minimum atomic E-state index is -0.981. The van der Waals surface area contributed by atoms with E-state index in [1.165, 1.54) is 0 Å². The second-order valence-corrected chi connectivity index (χ2v) is 4.91. The van der Waals surface area contributed by atoms with Crippen LogP contribution in [0, 0.1) is 5.92 Å². The lowest BCUT2D eigenvalue weighted by Gasteiger charge is -2.28. The van der Waals surface area contributed by atoms with Crippen molar-refractivity contribution in [3.63, 3.8) is 0 Å². The van der Waals surface area contributed by atoms with Crippen molar-refractivity contribution >= 4 is 17.0 Å². The Balaban J connectivity index is 2.51. The summed E-state index contributed by atoms with van der Waals surface area (Å²) < 4.78 is 13.1. The van der Waals surface area contributed by atoms with Crippen LogP contribution in [-0.2, 0) is 15.8 Å². The van der Waals surface area contributed by atoms with Crippen molar-refractivity contribution in [2.24, 2.45) is 5.92 Å². The number of hydrogen-bond donors (Lipinski definition) is 1. The van der Waals surface area contributed by atoms with E-state index < -0.39 is 17.0 Å². The Morgan fingerprint density at radius 1 is 1.69 bits per heavy atom. The topological polar surface area (TPSA) is 57.6 Å². The van der Waals surface area contributed by atoms with Gasteiger partial charge in [0.2, 0.25) is 0 Å². The number of hydrogen-bond acceptors (Lipinski definition) is 2. The van der Waals surface area contributed by atoms with Crippen molar-refractivity contribution in [2.45, 2.75) is 19.8 Å². The van der Waals surface area contributed by atoms with Gasteiger partial charge in [-0.05, 0) is 12.8 Å². The first-order chi connectivity index (χ1) is 6.15. The summed E-state index contributed by atoms with van der Waals surface area (Å²) in [7, 11) is -0.981. The van der Waals surface area contributed by atoms with E-state index in [1.54, 1.807) is 4.31 Å². The van der Waals surface area contributed by atoms with E-state index in [0.29, 0.717) is 18.7 Å². The molecule has 2 atom stereocenters. The maximum absolute atomic E-state index is 11.4. The molecule has 0 radical (unpaired) electrons. The van der Waals surface area contributed by atoms with Crippen molar-refractivity contribution in [1.29, 1.82) is 0 Å². The quantitative estimate of drug-likeness (QED) is 0.728. The van der Waals surface area contributed by atoms with Crippen molar-refractivity contribution in [1.82, 2.24) is 4.31 Å². The normalized spacial score (nSPS) is 27.0. The second kappa shape index (κ2) is 4.72. The summed E-state index contributed by atoms with van der Waals surface area (Å²) in [6, 6.07) is 0. The molecule has 1 rings (SSSR count). The van der Waals surface area contributed by atoms with Gasteiger partial charge in [-0.2, -0.15) is 0 Å². The summed E-state index contributed by atoms with van der Waals surface area (Å²) >= 11 is 0. The number of carbonyl (C=O) groups is 1. The van der Waals surface area contributed by atoms with Gasteiger partial charge in [0.25, 0.3) is 0 Å². The molecule has 0 aromatic heterocycles. The van der Waals surface area contributed by atoms with Crippen LogP contribution < -0.4 is 0 Å². The minimum absolute atomic E-state index is 0.329. The average Bonchev–Trinajstić information content (AvgIpc) is 2.17. The van der Waals surface area contributed by atoms with Crippen LogP contribution in [0.2, 0.25) is 0 Å². The van der Waals surface area contributed by atoms with Crippen molar-refractivity contribution in [3.8, 4) is 0 Å². The Hall–Kier alpha value is -0.420. The lowest BCUT2D eigenvalue weighted by atomic mass is 10.0. The van der Waals surface area contributed by atoms with E-state index in [9.17, 15) is 9.00 Å². The van der Waals surface area contributed by atoms with Gasteiger partial charge in [-0.15, -0.1) is 0 Å². The predicted molar refractivity (Wildman–Crippen MR) is 50.6 cm³/mol. The SMILES string of the molecule is CCS(=O)N1CCCC(C(=O)O)C1. The highest BCUT2D eigenvalue weighted by molar-refractivity contribution is 7.82. The van der Waals surface area contributed by atoms with Crippen molar-refractivity contribution in [2.75, 3.05) is 18.8 Å². The molecule has 1 saturated heterocycles. The van der Waals surface area contributed by atoms with Gasteiger partial charge in [-0.1, -0.05) is 6.92 Å². The highest BCUT2D eigenvalue weighted by Crippen LogP contribution is 2.17. The van der Waals surface area contributed by atoms with Gasteiger partial charge in [-0.3, -0.25) is 4.79 Å².